The van der Waals surface area contributed by atoms with Crippen molar-refractivity contribution in [2.24, 2.45) is 0 Å². The first-order valence-electron chi connectivity index (χ1n) is 3.29. The highest BCUT2D eigenvalue weighted by molar-refractivity contribution is 5.86. The lowest BCUT2D eigenvalue weighted by atomic mass is 10.4. The minimum Gasteiger partial charge on any atom is -0.334 e. The van der Waals surface area contributed by atoms with Crippen LogP contribution in [0.1, 0.15) is 0 Å². The normalized spacial score (nSPS) is 9.27. The minimum atomic E-state index is -0.653. The van der Waals surface area contributed by atoms with Gasteiger partial charge in [-0.2, -0.15) is 0 Å². The van der Waals surface area contributed by atoms with Crippen molar-refractivity contribution in [3.8, 4) is 0 Å². The summed E-state index contributed by atoms with van der Waals surface area (Å²) in [7, 11) is 0. The molecule has 0 aromatic carbocycles. The Kier molecular flexibility index (Phi) is 5.33. The van der Waals surface area contributed by atoms with E-state index in [2.05, 4.69) is 6.58 Å². The molecule has 64 valence electrons. The van der Waals surface area contributed by atoms with E-state index in [1.165, 1.54) is 0 Å². The standard InChI is InChI=1S/C7H11F2NO/c1-2-7(11)10(5-3-8)6-4-9/h2H,1,3-6H2. The first-order chi connectivity index (χ1) is 5.26. The van der Waals surface area contributed by atoms with Gasteiger partial charge in [0.25, 0.3) is 0 Å². The summed E-state index contributed by atoms with van der Waals surface area (Å²) < 4.78 is 23.4. The first kappa shape index (κ1) is 10.1. The SMILES string of the molecule is C=CC(=O)N(CCF)CCF. The first-order valence-corrected chi connectivity index (χ1v) is 3.29. The summed E-state index contributed by atoms with van der Waals surface area (Å²) in [5.41, 5.74) is 0. The zero-order chi connectivity index (χ0) is 8.69. The molecule has 0 fully saturated rings. The van der Waals surface area contributed by atoms with Crippen molar-refractivity contribution in [2.75, 3.05) is 26.4 Å². The summed E-state index contributed by atoms with van der Waals surface area (Å²) in [4.78, 5) is 11.8. The molecule has 0 bridgehead atoms. The van der Waals surface area contributed by atoms with Gasteiger partial charge in [0.05, 0.1) is 0 Å². The number of alkyl halides is 2. The minimum absolute atomic E-state index is 0.0607. The quantitative estimate of drug-likeness (QED) is 0.552. The van der Waals surface area contributed by atoms with Gasteiger partial charge in [-0.05, 0) is 6.08 Å². The Hall–Kier alpha value is -0.930. The number of carbonyl (C=O) groups excluding carboxylic acids is 1. The largest absolute Gasteiger partial charge is 0.334 e. The number of rotatable bonds is 5. The lowest BCUT2D eigenvalue weighted by molar-refractivity contribution is -0.126. The van der Waals surface area contributed by atoms with Crippen molar-refractivity contribution >= 4 is 5.91 Å². The van der Waals surface area contributed by atoms with Crippen LogP contribution in [0.3, 0.4) is 0 Å². The Morgan fingerprint density at radius 3 is 2.09 bits per heavy atom. The number of nitrogens with zero attached hydrogens (tertiary/aromatic N) is 1. The second kappa shape index (κ2) is 5.82. The van der Waals surface area contributed by atoms with Gasteiger partial charge in [0, 0.05) is 13.1 Å². The fourth-order valence-electron chi connectivity index (χ4n) is 0.665. The average Bonchev–Trinajstić information content (AvgIpc) is 2.03. The van der Waals surface area contributed by atoms with Crippen molar-refractivity contribution in [1.29, 1.82) is 0 Å². The van der Waals surface area contributed by atoms with Gasteiger partial charge < -0.3 is 4.90 Å². The molecule has 0 aliphatic rings. The van der Waals surface area contributed by atoms with Gasteiger partial charge in [0.2, 0.25) is 5.91 Å². The summed E-state index contributed by atoms with van der Waals surface area (Å²) >= 11 is 0. The van der Waals surface area contributed by atoms with Gasteiger partial charge in [-0.15, -0.1) is 0 Å². The van der Waals surface area contributed by atoms with Gasteiger partial charge in [-0.25, -0.2) is 8.78 Å². The smallest absolute Gasteiger partial charge is 0.246 e. The highest BCUT2D eigenvalue weighted by Gasteiger charge is 2.07. The molecule has 4 heteroatoms. The van der Waals surface area contributed by atoms with E-state index in [9.17, 15) is 13.6 Å². The van der Waals surface area contributed by atoms with Crippen LogP contribution in [0.5, 0.6) is 0 Å². The molecule has 0 spiro atoms. The average molecular weight is 163 g/mol. The topological polar surface area (TPSA) is 20.3 Å². The van der Waals surface area contributed by atoms with Crippen LogP contribution in [0, 0.1) is 0 Å². The summed E-state index contributed by atoms with van der Waals surface area (Å²) in [6.45, 7) is 1.78. The highest BCUT2D eigenvalue weighted by Crippen LogP contribution is 1.91. The molecule has 0 atom stereocenters. The number of hydrogen-bond acceptors (Lipinski definition) is 1. The van der Waals surface area contributed by atoms with Crippen LogP contribution in [0.2, 0.25) is 0 Å². The summed E-state index contributed by atoms with van der Waals surface area (Å²) in [5, 5.41) is 0. The van der Waals surface area contributed by atoms with E-state index in [4.69, 9.17) is 0 Å². The third-order valence-electron chi connectivity index (χ3n) is 1.20. The van der Waals surface area contributed by atoms with Crippen LogP contribution in [0.15, 0.2) is 12.7 Å². The molecular weight excluding hydrogens is 152 g/mol. The Morgan fingerprint density at radius 2 is 1.82 bits per heavy atom. The second-order valence-electron chi connectivity index (χ2n) is 1.91. The van der Waals surface area contributed by atoms with E-state index in [1.54, 1.807) is 0 Å². The molecule has 11 heavy (non-hydrogen) atoms. The Labute approximate surface area is 64.5 Å². The molecule has 0 aromatic rings. The van der Waals surface area contributed by atoms with Crippen LogP contribution in [-0.4, -0.2) is 37.2 Å². The van der Waals surface area contributed by atoms with Crippen molar-refractivity contribution in [3.05, 3.63) is 12.7 Å². The lowest BCUT2D eigenvalue weighted by Crippen LogP contribution is -2.33. The van der Waals surface area contributed by atoms with Gasteiger partial charge in [-0.1, -0.05) is 6.58 Å². The molecule has 0 aliphatic heterocycles. The van der Waals surface area contributed by atoms with E-state index in [-0.39, 0.29) is 13.1 Å². The summed E-state index contributed by atoms with van der Waals surface area (Å²) in [6.07, 6.45) is 1.05. The Bertz CT molecular complexity index is 132. The third-order valence-corrected chi connectivity index (χ3v) is 1.20. The van der Waals surface area contributed by atoms with Crippen LogP contribution < -0.4 is 0 Å². The van der Waals surface area contributed by atoms with Crippen LogP contribution in [-0.2, 0) is 4.79 Å². The van der Waals surface area contributed by atoms with Crippen LogP contribution >= 0.6 is 0 Å². The molecule has 0 aliphatic carbocycles. The molecule has 0 saturated carbocycles. The molecular formula is C7H11F2NO. The molecule has 2 nitrogen and oxygen atoms in total. The molecule has 0 saturated heterocycles. The maximum absolute atomic E-state index is 11.7. The predicted molar refractivity (Wildman–Crippen MR) is 38.7 cm³/mol. The van der Waals surface area contributed by atoms with Crippen molar-refractivity contribution in [1.82, 2.24) is 4.90 Å². The van der Waals surface area contributed by atoms with E-state index < -0.39 is 19.3 Å². The summed E-state index contributed by atoms with van der Waals surface area (Å²) in [5.74, 6) is -0.430. The number of amides is 1. The molecule has 0 heterocycles. The molecule has 0 N–H and O–H groups in total. The number of hydrogen-bond donors (Lipinski definition) is 0. The third kappa shape index (κ3) is 3.70. The lowest BCUT2D eigenvalue weighted by Gasteiger charge is -2.16. The number of carbonyl (C=O) groups is 1. The van der Waals surface area contributed by atoms with Crippen LogP contribution in [0.25, 0.3) is 0 Å². The Balaban J connectivity index is 3.86. The zero-order valence-electron chi connectivity index (χ0n) is 6.22. The number of halogens is 2. The van der Waals surface area contributed by atoms with Crippen molar-refractivity contribution in [2.45, 2.75) is 0 Å². The molecule has 0 aromatic heterocycles. The predicted octanol–water partition coefficient (Wildman–Crippen LogP) is 0.940. The van der Waals surface area contributed by atoms with Crippen molar-refractivity contribution in [3.63, 3.8) is 0 Å². The van der Waals surface area contributed by atoms with Crippen LogP contribution in [0.4, 0.5) is 8.78 Å². The maximum atomic E-state index is 11.7. The second-order valence-corrected chi connectivity index (χ2v) is 1.91. The Morgan fingerprint density at radius 1 is 1.36 bits per heavy atom. The van der Waals surface area contributed by atoms with Gasteiger partial charge in [-0.3, -0.25) is 4.79 Å². The summed E-state index contributed by atoms with van der Waals surface area (Å²) in [6, 6.07) is 0. The van der Waals surface area contributed by atoms with E-state index in [0.717, 1.165) is 11.0 Å². The monoisotopic (exact) mass is 163 g/mol. The van der Waals surface area contributed by atoms with E-state index in [1.807, 2.05) is 0 Å². The molecule has 0 unspecified atom stereocenters. The highest BCUT2D eigenvalue weighted by atomic mass is 19.1. The molecule has 0 radical (unpaired) electrons. The van der Waals surface area contributed by atoms with Gasteiger partial charge in [0.15, 0.2) is 0 Å². The fourth-order valence-corrected chi connectivity index (χ4v) is 0.665. The van der Waals surface area contributed by atoms with E-state index in [0.29, 0.717) is 0 Å². The van der Waals surface area contributed by atoms with Crippen molar-refractivity contribution < 1.29 is 13.6 Å². The zero-order valence-corrected chi connectivity index (χ0v) is 6.22. The molecule has 1 amide bonds. The maximum Gasteiger partial charge on any atom is 0.246 e. The van der Waals surface area contributed by atoms with E-state index >= 15 is 0 Å². The fraction of sp³-hybridized carbons (Fsp3) is 0.571. The molecule has 0 rings (SSSR count). The van der Waals surface area contributed by atoms with Gasteiger partial charge in [0.1, 0.15) is 13.3 Å². The van der Waals surface area contributed by atoms with Gasteiger partial charge >= 0.3 is 0 Å².